The number of carbonyl (C=O) groups excluding carboxylic acids is 1. The van der Waals surface area contributed by atoms with Crippen molar-refractivity contribution >= 4 is 5.91 Å². The van der Waals surface area contributed by atoms with Crippen LogP contribution in [0, 0.1) is 5.92 Å². The van der Waals surface area contributed by atoms with Gasteiger partial charge in [0.05, 0.1) is 6.10 Å². The van der Waals surface area contributed by atoms with Crippen LogP contribution >= 0.6 is 0 Å². The summed E-state index contributed by atoms with van der Waals surface area (Å²) in [6.45, 7) is 2.66. The van der Waals surface area contributed by atoms with Gasteiger partial charge in [-0.3, -0.25) is 4.79 Å². The Morgan fingerprint density at radius 3 is 2.82 bits per heavy atom. The molecule has 0 radical (unpaired) electrons. The maximum absolute atomic E-state index is 11.8. The highest BCUT2D eigenvalue weighted by Gasteiger charge is 2.25. The summed E-state index contributed by atoms with van der Waals surface area (Å²) in [6, 6.07) is 0.291. The Balaban J connectivity index is 2.28. The van der Waals surface area contributed by atoms with E-state index in [2.05, 4.69) is 5.32 Å². The molecule has 3 N–H and O–H groups in total. The smallest absolute Gasteiger partial charge is 0.220 e. The van der Waals surface area contributed by atoms with Gasteiger partial charge < -0.3 is 15.8 Å². The average molecular weight is 242 g/mol. The summed E-state index contributed by atoms with van der Waals surface area (Å²) in [5, 5.41) is 3.12. The largest absolute Gasteiger partial charge is 0.382 e. The van der Waals surface area contributed by atoms with Crippen molar-refractivity contribution in [2.45, 2.75) is 57.6 Å². The molecule has 1 amide bonds. The van der Waals surface area contributed by atoms with Crippen molar-refractivity contribution in [3.63, 3.8) is 0 Å². The number of hydrogen-bond acceptors (Lipinski definition) is 3. The first kappa shape index (κ1) is 14.5. The summed E-state index contributed by atoms with van der Waals surface area (Å²) < 4.78 is 5.13. The Bertz CT molecular complexity index is 233. The Morgan fingerprint density at radius 1 is 1.47 bits per heavy atom. The van der Waals surface area contributed by atoms with Gasteiger partial charge in [-0.2, -0.15) is 0 Å². The zero-order valence-electron chi connectivity index (χ0n) is 11.1. The van der Waals surface area contributed by atoms with Crippen molar-refractivity contribution in [3.8, 4) is 0 Å². The Kier molecular flexibility index (Phi) is 6.52. The number of nitrogens with one attached hydrogen (secondary N) is 1. The van der Waals surface area contributed by atoms with Crippen LogP contribution in [-0.2, 0) is 9.53 Å². The van der Waals surface area contributed by atoms with Crippen LogP contribution in [0.15, 0.2) is 0 Å². The second-order valence-corrected chi connectivity index (χ2v) is 5.04. The molecule has 1 aliphatic carbocycles. The molecule has 1 rings (SSSR count). The molecule has 0 bridgehead atoms. The van der Waals surface area contributed by atoms with Crippen molar-refractivity contribution in [3.05, 3.63) is 0 Å². The molecule has 0 aromatic heterocycles. The van der Waals surface area contributed by atoms with Crippen molar-refractivity contribution in [1.29, 1.82) is 0 Å². The fourth-order valence-electron chi connectivity index (χ4n) is 2.41. The van der Waals surface area contributed by atoms with E-state index in [1.165, 1.54) is 12.8 Å². The lowest BCUT2D eigenvalue weighted by Crippen LogP contribution is -2.44. The van der Waals surface area contributed by atoms with Gasteiger partial charge in [0.1, 0.15) is 0 Å². The van der Waals surface area contributed by atoms with E-state index in [4.69, 9.17) is 10.5 Å². The molecule has 0 saturated heterocycles. The zero-order valence-corrected chi connectivity index (χ0v) is 11.1. The van der Waals surface area contributed by atoms with Gasteiger partial charge in [-0.1, -0.05) is 12.8 Å². The van der Waals surface area contributed by atoms with Gasteiger partial charge in [-0.25, -0.2) is 0 Å². The normalized spacial score (nSPS) is 26.5. The van der Waals surface area contributed by atoms with E-state index in [1.54, 1.807) is 7.11 Å². The van der Waals surface area contributed by atoms with Crippen molar-refractivity contribution in [2.75, 3.05) is 13.7 Å². The Labute approximate surface area is 104 Å². The molecule has 1 aliphatic rings. The molecule has 17 heavy (non-hydrogen) atoms. The number of amides is 1. The fraction of sp³-hybridized carbons (Fsp3) is 0.923. The van der Waals surface area contributed by atoms with Crippen LogP contribution in [0.2, 0.25) is 0 Å². The van der Waals surface area contributed by atoms with Crippen LogP contribution in [0.5, 0.6) is 0 Å². The van der Waals surface area contributed by atoms with Crippen molar-refractivity contribution in [2.24, 2.45) is 11.7 Å². The summed E-state index contributed by atoms with van der Waals surface area (Å²) in [5.41, 5.74) is 5.74. The Hall–Kier alpha value is -0.610. The summed E-state index contributed by atoms with van der Waals surface area (Å²) in [4.78, 5) is 11.8. The topological polar surface area (TPSA) is 64.3 Å². The number of carbonyl (C=O) groups is 1. The second-order valence-electron chi connectivity index (χ2n) is 5.04. The molecule has 0 aromatic rings. The monoisotopic (exact) mass is 242 g/mol. The molecule has 3 unspecified atom stereocenters. The number of ether oxygens (including phenoxy) is 1. The lowest BCUT2D eigenvalue weighted by atomic mass is 9.84. The van der Waals surface area contributed by atoms with Gasteiger partial charge in [-0.15, -0.1) is 0 Å². The maximum atomic E-state index is 11.8. The van der Waals surface area contributed by atoms with E-state index in [1.807, 2.05) is 6.92 Å². The lowest BCUT2D eigenvalue weighted by molar-refractivity contribution is -0.123. The van der Waals surface area contributed by atoms with E-state index >= 15 is 0 Å². The molecular formula is C13H26N2O2. The van der Waals surface area contributed by atoms with E-state index in [9.17, 15) is 4.79 Å². The molecule has 1 saturated carbocycles. The molecule has 0 spiro atoms. The predicted molar refractivity (Wildman–Crippen MR) is 68.6 cm³/mol. The van der Waals surface area contributed by atoms with Gasteiger partial charge in [0.2, 0.25) is 5.91 Å². The number of rotatable bonds is 6. The van der Waals surface area contributed by atoms with Gasteiger partial charge in [-0.05, 0) is 38.6 Å². The third-order valence-corrected chi connectivity index (χ3v) is 3.74. The SMILES string of the molecule is COC(C)CCC(=O)NC1CCCCC1CN. The molecule has 0 aromatic carbocycles. The van der Waals surface area contributed by atoms with Gasteiger partial charge in [0.15, 0.2) is 0 Å². The van der Waals surface area contributed by atoms with Crippen LogP contribution in [0.1, 0.15) is 45.4 Å². The van der Waals surface area contributed by atoms with Crippen LogP contribution in [0.25, 0.3) is 0 Å². The van der Waals surface area contributed by atoms with Crippen LogP contribution in [0.3, 0.4) is 0 Å². The Morgan fingerprint density at radius 2 is 2.18 bits per heavy atom. The average Bonchev–Trinajstić information content (AvgIpc) is 2.36. The van der Waals surface area contributed by atoms with E-state index in [0.717, 1.165) is 19.3 Å². The minimum atomic E-state index is 0.138. The highest BCUT2D eigenvalue weighted by Crippen LogP contribution is 2.23. The number of nitrogens with two attached hydrogens (primary N) is 1. The summed E-state index contributed by atoms with van der Waals surface area (Å²) in [5.74, 6) is 0.604. The first-order chi connectivity index (χ1) is 8.17. The first-order valence-electron chi connectivity index (χ1n) is 6.69. The first-order valence-corrected chi connectivity index (χ1v) is 6.69. The van der Waals surface area contributed by atoms with Gasteiger partial charge in [0, 0.05) is 19.6 Å². The van der Waals surface area contributed by atoms with Gasteiger partial charge in [0.25, 0.3) is 0 Å². The van der Waals surface area contributed by atoms with Crippen LogP contribution < -0.4 is 11.1 Å². The minimum Gasteiger partial charge on any atom is -0.382 e. The third-order valence-electron chi connectivity index (χ3n) is 3.74. The van der Waals surface area contributed by atoms with E-state index in [-0.39, 0.29) is 12.0 Å². The van der Waals surface area contributed by atoms with E-state index in [0.29, 0.717) is 24.9 Å². The molecular weight excluding hydrogens is 216 g/mol. The molecule has 3 atom stereocenters. The van der Waals surface area contributed by atoms with Crippen molar-refractivity contribution in [1.82, 2.24) is 5.32 Å². The standard InChI is InChI=1S/C13H26N2O2/c1-10(17-2)7-8-13(16)15-12-6-4-3-5-11(12)9-14/h10-12H,3-9,14H2,1-2H3,(H,15,16). The predicted octanol–water partition coefficient (Wildman–Crippen LogP) is 1.44. The molecule has 0 aliphatic heterocycles. The minimum absolute atomic E-state index is 0.138. The van der Waals surface area contributed by atoms with Gasteiger partial charge >= 0.3 is 0 Å². The molecule has 4 heteroatoms. The number of methoxy groups -OCH3 is 1. The molecule has 0 heterocycles. The van der Waals surface area contributed by atoms with E-state index < -0.39 is 0 Å². The molecule has 100 valence electrons. The molecule has 1 fully saturated rings. The third kappa shape index (κ3) is 5.04. The second kappa shape index (κ2) is 7.67. The summed E-state index contributed by atoms with van der Waals surface area (Å²) in [6.07, 6.45) is 6.15. The highest BCUT2D eigenvalue weighted by molar-refractivity contribution is 5.76. The maximum Gasteiger partial charge on any atom is 0.220 e. The van der Waals surface area contributed by atoms with Crippen molar-refractivity contribution < 1.29 is 9.53 Å². The van der Waals surface area contributed by atoms with Crippen LogP contribution in [-0.4, -0.2) is 31.7 Å². The lowest BCUT2D eigenvalue weighted by Gasteiger charge is -2.31. The quantitative estimate of drug-likeness (QED) is 0.740. The molecule has 4 nitrogen and oxygen atoms in total. The van der Waals surface area contributed by atoms with Crippen LogP contribution in [0.4, 0.5) is 0 Å². The summed E-state index contributed by atoms with van der Waals surface area (Å²) in [7, 11) is 1.67. The number of hydrogen-bond donors (Lipinski definition) is 2. The fourth-order valence-corrected chi connectivity index (χ4v) is 2.41. The summed E-state index contributed by atoms with van der Waals surface area (Å²) >= 11 is 0. The highest BCUT2D eigenvalue weighted by atomic mass is 16.5. The zero-order chi connectivity index (χ0) is 12.7.